The summed E-state index contributed by atoms with van der Waals surface area (Å²) in [7, 11) is -3.36. The lowest BCUT2D eigenvalue weighted by atomic mass is 9.94. The molecule has 0 aromatic rings. The maximum atomic E-state index is 12.0. The summed E-state index contributed by atoms with van der Waals surface area (Å²) in [5.41, 5.74) is -0.559. The number of hydrogen-bond acceptors (Lipinski definition) is 4. The van der Waals surface area contributed by atoms with Crippen molar-refractivity contribution < 1.29 is 17.9 Å². The number of ether oxygens (including phenoxy) is 2. The number of hydrogen-bond donors (Lipinski definition) is 1. The SMILES string of the molecule is CC(C)OCCS(=O)(=O)NC1(CCl)CCOCC1. The Morgan fingerprint density at radius 1 is 1.39 bits per heavy atom. The summed E-state index contributed by atoms with van der Waals surface area (Å²) in [4.78, 5) is 0. The first-order chi connectivity index (χ1) is 8.39. The monoisotopic (exact) mass is 299 g/mol. The molecule has 1 aliphatic heterocycles. The van der Waals surface area contributed by atoms with Gasteiger partial charge in [0.15, 0.2) is 0 Å². The molecular formula is C11H22ClNO4S. The summed E-state index contributed by atoms with van der Waals surface area (Å²) in [6.07, 6.45) is 1.26. The maximum absolute atomic E-state index is 12.0. The minimum atomic E-state index is -3.36. The van der Waals surface area contributed by atoms with Crippen molar-refractivity contribution >= 4 is 21.6 Å². The number of sulfonamides is 1. The molecule has 0 aromatic carbocycles. The highest BCUT2D eigenvalue weighted by atomic mass is 35.5. The van der Waals surface area contributed by atoms with Crippen LogP contribution in [0, 0.1) is 0 Å². The van der Waals surface area contributed by atoms with E-state index in [4.69, 9.17) is 21.1 Å². The molecule has 0 aromatic heterocycles. The van der Waals surface area contributed by atoms with Crippen LogP contribution in [0.5, 0.6) is 0 Å². The number of nitrogens with one attached hydrogen (secondary N) is 1. The molecule has 0 spiro atoms. The van der Waals surface area contributed by atoms with E-state index < -0.39 is 15.6 Å². The Morgan fingerprint density at radius 2 is 2.00 bits per heavy atom. The lowest BCUT2D eigenvalue weighted by Crippen LogP contribution is -2.54. The fraction of sp³-hybridized carbons (Fsp3) is 1.00. The van der Waals surface area contributed by atoms with Crippen LogP contribution in [-0.4, -0.2) is 51.5 Å². The lowest BCUT2D eigenvalue weighted by molar-refractivity contribution is 0.0546. The molecule has 1 fully saturated rings. The first-order valence-electron chi connectivity index (χ1n) is 6.16. The second-order valence-corrected chi connectivity index (χ2v) is 6.98. The van der Waals surface area contributed by atoms with E-state index in [0.29, 0.717) is 26.1 Å². The molecule has 0 bridgehead atoms. The highest BCUT2D eigenvalue weighted by Crippen LogP contribution is 2.23. The first kappa shape index (κ1) is 16.2. The topological polar surface area (TPSA) is 64.6 Å². The summed E-state index contributed by atoms with van der Waals surface area (Å²) in [5, 5.41) is 0. The van der Waals surface area contributed by atoms with E-state index in [1.54, 1.807) is 0 Å². The van der Waals surface area contributed by atoms with Gasteiger partial charge in [0.05, 0.1) is 24.0 Å². The normalized spacial score (nSPS) is 20.2. The van der Waals surface area contributed by atoms with Gasteiger partial charge in [0.1, 0.15) is 0 Å². The van der Waals surface area contributed by atoms with Gasteiger partial charge in [-0.3, -0.25) is 0 Å². The van der Waals surface area contributed by atoms with E-state index in [0.717, 1.165) is 0 Å². The third-order valence-electron chi connectivity index (χ3n) is 2.88. The van der Waals surface area contributed by atoms with Crippen molar-refractivity contribution in [3.8, 4) is 0 Å². The van der Waals surface area contributed by atoms with Crippen LogP contribution >= 0.6 is 11.6 Å². The fourth-order valence-corrected chi connectivity index (χ4v) is 3.57. The van der Waals surface area contributed by atoms with Crippen LogP contribution in [0.4, 0.5) is 0 Å². The van der Waals surface area contributed by atoms with E-state index in [-0.39, 0.29) is 24.3 Å². The largest absolute Gasteiger partial charge is 0.381 e. The van der Waals surface area contributed by atoms with Crippen LogP contribution in [0.25, 0.3) is 0 Å². The van der Waals surface area contributed by atoms with E-state index in [9.17, 15) is 8.42 Å². The molecule has 0 unspecified atom stereocenters. The summed E-state index contributed by atoms with van der Waals surface area (Å²) in [5.74, 6) is 0.227. The molecule has 0 saturated carbocycles. The first-order valence-corrected chi connectivity index (χ1v) is 8.35. The number of rotatable bonds is 7. The van der Waals surface area contributed by atoms with E-state index in [1.165, 1.54) is 0 Å². The van der Waals surface area contributed by atoms with Crippen LogP contribution in [0.1, 0.15) is 26.7 Å². The molecule has 5 nitrogen and oxygen atoms in total. The molecule has 0 amide bonds. The average Bonchev–Trinajstić information content (AvgIpc) is 2.28. The van der Waals surface area contributed by atoms with Crippen molar-refractivity contribution in [1.82, 2.24) is 4.72 Å². The molecule has 1 N–H and O–H groups in total. The van der Waals surface area contributed by atoms with E-state index in [1.807, 2.05) is 13.8 Å². The predicted molar refractivity (Wildman–Crippen MR) is 71.5 cm³/mol. The molecule has 0 radical (unpaired) electrons. The van der Waals surface area contributed by atoms with Crippen LogP contribution in [-0.2, 0) is 19.5 Å². The Labute approximate surface area is 114 Å². The molecule has 108 valence electrons. The van der Waals surface area contributed by atoms with Gasteiger partial charge in [0.25, 0.3) is 0 Å². The Hall–Kier alpha value is 0.120. The minimum Gasteiger partial charge on any atom is -0.381 e. The van der Waals surface area contributed by atoms with Crippen molar-refractivity contribution in [2.45, 2.75) is 38.3 Å². The molecular weight excluding hydrogens is 278 g/mol. The van der Waals surface area contributed by atoms with Gasteiger partial charge in [-0.2, -0.15) is 0 Å². The van der Waals surface area contributed by atoms with Gasteiger partial charge in [0, 0.05) is 19.1 Å². The van der Waals surface area contributed by atoms with Gasteiger partial charge < -0.3 is 9.47 Å². The Morgan fingerprint density at radius 3 is 2.50 bits per heavy atom. The number of alkyl halides is 1. The van der Waals surface area contributed by atoms with Crippen LogP contribution in [0.15, 0.2) is 0 Å². The zero-order chi connectivity index (χ0) is 13.6. The molecule has 1 aliphatic rings. The second kappa shape index (κ2) is 7.05. The van der Waals surface area contributed by atoms with Crippen molar-refractivity contribution in [1.29, 1.82) is 0 Å². The van der Waals surface area contributed by atoms with Crippen molar-refractivity contribution in [2.75, 3.05) is 31.5 Å². The summed E-state index contributed by atoms with van der Waals surface area (Å²) in [6.45, 7) is 5.02. The van der Waals surface area contributed by atoms with Crippen LogP contribution < -0.4 is 4.72 Å². The standard InChI is InChI=1S/C11H22ClNO4S/c1-10(2)17-7-8-18(14,15)13-11(9-12)3-5-16-6-4-11/h10,13H,3-9H2,1-2H3. The van der Waals surface area contributed by atoms with Gasteiger partial charge >= 0.3 is 0 Å². The Balaban J connectivity index is 2.51. The zero-order valence-corrected chi connectivity index (χ0v) is 12.5. The minimum absolute atomic E-state index is 0.0327. The van der Waals surface area contributed by atoms with Gasteiger partial charge in [-0.15, -0.1) is 11.6 Å². The maximum Gasteiger partial charge on any atom is 0.214 e. The van der Waals surface area contributed by atoms with Gasteiger partial charge in [-0.25, -0.2) is 13.1 Å². The highest BCUT2D eigenvalue weighted by Gasteiger charge is 2.35. The van der Waals surface area contributed by atoms with Gasteiger partial charge in [0.2, 0.25) is 10.0 Å². The van der Waals surface area contributed by atoms with Crippen LogP contribution in [0.2, 0.25) is 0 Å². The molecule has 7 heteroatoms. The Bertz CT molecular complexity index is 339. The number of halogens is 1. The van der Waals surface area contributed by atoms with E-state index in [2.05, 4.69) is 4.72 Å². The summed E-state index contributed by atoms with van der Waals surface area (Å²) < 4.78 is 37.1. The van der Waals surface area contributed by atoms with Crippen molar-refractivity contribution in [3.05, 3.63) is 0 Å². The summed E-state index contributed by atoms with van der Waals surface area (Å²) in [6, 6.07) is 0. The third-order valence-corrected chi connectivity index (χ3v) is 4.84. The van der Waals surface area contributed by atoms with Crippen molar-refractivity contribution in [3.63, 3.8) is 0 Å². The van der Waals surface area contributed by atoms with Gasteiger partial charge in [-0.05, 0) is 26.7 Å². The fourth-order valence-electron chi connectivity index (χ4n) is 1.80. The average molecular weight is 300 g/mol. The quantitative estimate of drug-likeness (QED) is 0.716. The van der Waals surface area contributed by atoms with E-state index >= 15 is 0 Å². The highest BCUT2D eigenvalue weighted by molar-refractivity contribution is 7.89. The van der Waals surface area contributed by atoms with Crippen molar-refractivity contribution in [2.24, 2.45) is 0 Å². The van der Waals surface area contributed by atoms with Gasteiger partial charge in [-0.1, -0.05) is 0 Å². The Kier molecular flexibility index (Phi) is 6.34. The predicted octanol–water partition coefficient (Wildman–Crippen LogP) is 1.12. The molecule has 18 heavy (non-hydrogen) atoms. The second-order valence-electron chi connectivity index (χ2n) is 4.87. The molecule has 0 atom stereocenters. The summed E-state index contributed by atoms with van der Waals surface area (Å²) >= 11 is 5.91. The lowest BCUT2D eigenvalue weighted by Gasteiger charge is -2.35. The molecule has 1 heterocycles. The molecule has 1 saturated heterocycles. The smallest absolute Gasteiger partial charge is 0.214 e. The third kappa shape index (κ3) is 5.40. The van der Waals surface area contributed by atoms with Crippen LogP contribution in [0.3, 0.4) is 0 Å². The molecule has 1 rings (SSSR count). The zero-order valence-electron chi connectivity index (χ0n) is 10.9. The molecule has 0 aliphatic carbocycles.